The highest BCUT2D eigenvalue weighted by atomic mass is 16.5. The Morgan fingerprint density at radius 3 is 2.52 bits per heavy atom. The maximum Gasteiger partial charge on any atom is 0.224 e. The Kier molecular flexibility index (Phi) is 7.27. The summed E-state index contributed by atoms with van der Waals surface area (Å²) < 4.78 is 5.15. The van der Waals surface area contributed by atoms with Crippen molar-refractivity contribution < 1.29 is 9.53 Å². The number of hydrogen-bond donors (Lipinski definition) is 2. The predicted octanol–water partition coefficient (Wildman–Crippen LogP) is 2.88. The van der Waals surface area contributed by atoms with Crippen LogP contribution in [0.25, 0.3) is 0 Å². The minimum Gasteiger partial charge on any atom is -0.497 e. The number of carbonyl (C=O) groups is 1. The number of ether oxygens (including phenoxy) is 1. The first-order valence-electron chi connectivity index (χ1n) is 10.2. The summed E-state index contributed by atoms with van der Waals surface area (Å²) in [5.41, 5.74) is 0.996. The van der Waals surface area contributed by atoms with Crippen molar-refractivity contribution in [2.45, 2.75) is 38.1 Å². The van der Waals surface area contributed by atoms with Crippen molar-refractivity contribution in [2.24, 2.45) is 5.92 Å². The Morgan fingerprint density at radius 2 is 1.86 bits per heavy atom. The fourth-order valence-electron chi connectivity index (χ4n) is 3.61. The molecule has 1 aliphatic carbocycles. The smallest absolute Gasteiger partial charge is 0.224 e. The summed E-state index contributed by atoms with van der Waals surface area (Å²) in [5, 5.41) is 6.55. The lowest BCUT2D eigenvalue weighted by Gasteiger charge is -2.29. The molecule has 0 radical (unpaired) electrons. The molecule has 1 aliphatic rings. The summed E-state index contributed by atoms with van der Waals surface area (Å²) in [5.74, 6) is 2.99. The summed E-state index contributed by atoms with van der Waals surface area (Å²) >= 11 is 0. The van der Waals surface area contributed by atoms with Crippen molar-refractivity contribution >= 4 is 17.7 Å². The maximum absolute atomic E-state index is 12.2. The van der Waals surface area contributed by atoms with E-state index in [0.717, 1.165) is 49.4 Å². The molecule has 156 valence electrons. The minimum atomic E-state index is 0.0734. The van der Waals surface area contributed by atoms with Gasteiger partial charge in [0.25, 0.3) is 0 Å². The Balaban J connectivity index is 1.38. The Morgan fingerprint density at radius 1 is 1.14 bits per heavy atom. The normalized spacial score (nSPS) is 18.7. The van der Waals surface area contributed by atoms with Gasteiger partial charge in [0, 0.05) is 32.9 Å². The molecule has 2 aromatic rings. The van der Waals surface area contributed by atoms with Gasteiger partial charge >= 0.3 is 0 Å². The third-order valence-electron chi connectivity index (χ3n) is 5.39. The van der Waals surface area contributed by atoms with Crippen LogP contribution in [0.1, 0.15) is 31.2 Å². The molecule has 1 aromatic carbocycles. The van der Waals surface area contributed by atoms with Crippen LogP contribution in [0.15, 0.2) is 36.5 Å². The molecule has 1 fully saturated rings. The van der Waals surface area contributed by atoms with E-state index in [1.54, 1.807) is 13.3 Å². The van der Waals surface area contributed by atoms with Crippen LogP contribution in [0.5, 0.6) is 5.75 Å². The first-order valence-corrected chi connectivity index (χ1v) is 10.2. The average Bonchev–Trinajstić information content (AvgIpc) is 2.74. The van der Waals surface area contributed by atoms with Crippen LogP contribution in [0.3, 0.4) is 0 Å². The molecule has 0 atom stereocenters. The second-order valence-electron chi connectivity index (χ2n) is 7.82. The van der Waals surface area contributed by atoms with Crippen LogP contribution >= 0.6 is 0 Å². The van der Waals surface area contributed by atoms with Gasteiger partial charge in [-0.3, -0.25) is 4.79 Å². The molecule has 3 rings (SSSR count). The van der Waals surface area contributed by atoms with Crippen molar-refractivity contribution in [3.8, 4) is 5.75 Å². The van der Waals surface area contributed by atoms with Gasteiger partial charge < -0.3 is 20.3 Å². The number of anilines is 2. The summed E-state index contributed by atoms with van der Waals surface area (Å²) in [6.07, 6.45) is 6.50. The third kappa shape index (κ3) is 6.34. The van der Waals surface area contributed by atoms with Crippen LogP contribution in [0, 0.1) is 5.92 Å². The minimum absolute atomic E-state index is 0.0734. The van der Waals surface area contributed by atoms with Gasteiger partial charge in [0.15, 0.2) is 0 Å². The first kappa shape index (κ1) is 20.9. The fourth-order valence-corrected chi connectivity index (χ4v) is 3.61. The molecule has 1 saturated carbocycles. The monoisotopic (exact) mass is 397 g/mol. The molecule has 0 bridgehead atoms. The number of hydrogen-bond acceptors (Lipinski definition) is 6. The molecule has 0 spiro atoms. The number of aromatic nitrogens is 2. The van der Waals surface area contributed by atoms with Gasteiger partial charge in [-0.05, 0) is 55.4 Å². The highest BCUT2D eigenvalue weighted by Crippen LogP contribution is 2.25. The van der Waals surface area contributed by atoms with Gasteiger partial charge in [0.2, 0.25) is 11.9 Å². The van der Waals surface area contributed by atoms with Gasteiger partial charge in [0.1, 0.15) is 11.6 Å². The zero-order valence-corrected chi connectivity index (χ0v) is 17.5. The van der Waals surface area contributed by atoms with Gasteiger partial charge in [-0.25, -0.2) is 4.98 Å². The zero-order chi connectivity index (χ0) is 20.6. The lowest BCUT2D eigenvalue weighted by molar-refractivity contribution is -0.120. The van der Waals surface area contributed by atoms with Crippen LogP contribution < -0.4 is 20.3 Å². The molecule has 0 saturated heterocycles. The Bertz CT molecular complexity index is 786. The molecular formula is C22H31N5O2. The molecule has 29 heavy (non-hydrogen) atoms. The third-order valence-corrected chi connectivity index (χ3v) is 5.39. The van der Waals surface area contributed by atoms with Gasteiger partial charge in [-0.2, -0.15) is 4.98 Å². The molecule has 1 aromatic heterocycles. The molecule has 7 heteroatoms. The lowest BCUT2D eigenvalue weighted by Crippen LogP contribution is -2.34. The Labute approximate surface area is 172 Å². The van der Waals surface area contributed by atoms with E-state index in [-0.39, 0.29) is 5.91 Å². The van der Waals surface area contributed by atoms with Crippen molar-refractivity contribution in [3.63, 3.8) is 0 Å². The van der Waals surface area contributed by atoms with E-state index in [9.17, 15) is 4.79 Å². The van der Waals surface area contributed by atoms with E-state index in [1.807, 2.05) is 49.3 Å². The highest BCUT2D eigenvalue weighted by Gasteiger charge is 2.22. The van der Waals surface area contributed by atoms with E-state index >= 15 is 0 Å². The largest absolute Gasteiger partial charge is 0.497 e. The molecule has 1 heterocycles. The lowest BCUT2D eigenvalue weighted by atomic mass is 9.86. The number of benzene rings is 1. The summed E-state index contributed by atoms with van der Waals surface area (Å²) in [4.78, 5) is 23.1. The van der Waals surface area contributed by atoms with E-state index in [4.69, 9.17) is 4.74 Å². The quantitative estimate of drug-likeness (QED) is 0.713. The van der Waals surface area contributed by atoms with Crippen molar-refractivity contribution in [1.29, 1.82) is 0 Å². The zero-order valence-electron chi connectivity index (χ0n) is 17.5. The van der Waals surface area contributed by atoms with Crippen LogP contribution in [-0.4, -0.2) is 49.7 Å². The predicted molar refractivity (Wildman–Crippen MR) is 115 cm³/mol. The van der Waals surface area contributed by atoms with E-state index in [1.165, 1.54) is 0 Å². The molecular weight excluding hydrogens is 366 g/mol. The van der Waals surface area contributed by atoms with Crippen molar-refractivity contribution in [2.75, 3.05) is 38.0 Å². The molecule has 7 nitrogen and oxygen atoms in total. The fraction of sp³-hybridized carbons (Fsp3) is 0.500. The number of rotatable bonds is 8. The molecule has 1 amide bonds. The standard InChI is InChI=1S/C22H31N5O2/c1-27(2)20-12-13-23-22(26-20)25-18-8-4-17(5-9-18)15-24-21(28)14-16-6-10-19(29-3)11-7-16/h6-7,10-13,17-18H,4-5,8-9,14-15H2,1-3H3,(H,24,28)(H,23,25,26). The van der Waals surface area contributed by atoms with Crippen molar-refractivity contribution in [3.05, 3.63) is 42.1 Å². The highest BCUT2D eigenvalue weighted by molar-refractivity contribution is 5.78. The molecule has 0 unspecified atom stereocenters. The van der Waals surface area contributed by atoms with Gasteiger partial charge in [-0.15, -0.1) is 0 Å². The summed E-state index contributed by atoms with van der Waals surface area (Å²) in [6, 6.07) is 9.92. The number of methoxy groups -OCH3 is 1. The average molecular weight is 398 g/mol. The van der Waals surface area contributed by atoms with Crippen LogP contribution in [0.2, 0.25) is 0 Å². The van der Waals surface area contributed by atoms with Gasteiger partial charge in [0.05, 0.1) is 13.5 Å². The topological polar surface area (TPSA) is 79.4 Å². The summed E-state index contributed by atoms with van der Waals surface area (Å²) in [6.45, 7) is 0.744. The van der Waals surface area contributed by atoms with E-state index in [0.29, 0.717) is 24.3 Å². The number of carbonyl (C=O) groups excluding carboxylic acids is 1. The number of amides is 1. The Hall–Kier alpha value is -2.83. The van der Waals surface area contributed by atoms with E-state index < -0.39 is 0 Å². The SMILES string of the molecule is COc1ccc(CC(=O)NCC2CCC(Nc3nccc(N(C)C)n3)CC2)cc1. The second-order valence-corrected chi connectivity index (χ2v) is 7.82. The van der Waals surface area contributed by atoms with Gasteiger partial charge in [-0.1, -0.05) is 12.1 Å². The summed E-state index contributed by atoms with van der Waals surface area (Å²) in [7, 11) is 5.58. The van der Waals surface area contributed by atoms with E-state index in [2.05, 4.69) is 20.6 Å². The number of nitrogens with one attached hydrogen (secondary N) is 2. The number of nitrogens with zero attached hydrogens (tertiary/aromatic N) is 3. The maximum atomic E-state index is 12.2. The van der Waals surface area contributed by atoms with Crippen LogP contribution in [-0.2, 0) is 11.2 Å². The van der Waals surface area contributed by atoms with Crippen molar-refractivity contribution in [1.82, 2.24) is 15.3 Å². The first-order chi connectivity index (χ1) is 14.0. The van der Waals surface area contributed by atoms with Crippen LogP contribution in [0.4, 0.5) is 11.8 Å². The molecule has 2 N–H and O–H groups in total. The second kappa shape index (κ2) is 10.1. The molecule has 0 aliphatic heterocycles.